The monoisotopic (exact) mass is 383 g/mol. The molecule has 0 radical (unpaired) electrons. The first-order valence-corrected chi connectivity index (χ1v) is 8.07. The first-order valence-electron chi connectivity index (χ1n) is 7.31. The molecule has 9 nitrogen and oxygen atoms in total. The topological polar surface area (TPSA) is 112 Å². The molecule has 4 heterocycles. The summed E-state index contributed by atoms with van der Waals surface area (Å²) in [5.74, 6) is -1.01. The van der Waals surface area contributed by atoms with Gasteiger partial charge in [0.1, 0.15) is 23.8 Å². The van der Waals surface area contributed by atoms with E-state index < -0.39 is 35.6 Å². The van der Waals surface area contributed by atoms with Gasteiger partial charge in [0, 0.05) is 0 Å². The van der Waals surface area contributed by atoms with Crippen LogP contribution in [0.4, 0.5) is 0 Å². The quantitative estimate of drug-likeness (QED) is 0.566. The van der Waals surface area contributed by atoms with Crippen LogP contribution in [-0.2, 0) is 19.0 Å². The van der Waals surface area contributed by atoms with Crippen molar-refractivity contribution in [1.82, 2.24) is 19.5 Å². The highest BCUT2D eigenvalue weighted by Crippen LogP contribution is 2.44. The summed E-state index contributed by atoms with van der Waals surface area (Å²) >= 11 is 11.7. The van der Waals surface area contributed by atoms with Crippen molar-refractivity contribution in [3.63, 3.8) is 0 Å². The number of rotatable bonds is 2. The zero-order valence-electron chi connectivity index (χ0n) is 13.0. The second-order valence-corrected chi connectivity index (χ2v) is 6.82. The van der Waals surface area contributed by atoms with Gasteiger partial charge in [0.15, 0.2) is 28.9 Å². The van der Waals surface area contributed by atoms with Crippen LogP contribution in [-0.4, -0.2) is 48.9 Å². The smallest absolute Gasteiger partial charge is 0.253 e. The van der Waals surface area contributed by atoms with E-state index in [1.165, 1.54) is 10.9 Å². The lowest BCUT2D eigenvalue weighted by molar-refractivity contribution is -0.195. The molecule has 2 aliphatic heterocycles. The highest BCUT2D eigenvalue weighted by atomic mass is 35.5. The van der Waals surface area contributed by atoms with E-state index in [4.69, 9.17) is 42.7 Å². The van der Waals surface area contributed by atoms with Crippen LogP contribution in [0, 0.1) is 11.3 Å². The summed E-state index contributed by atoms with van der Waals surface area (Å²) in [5.41, 5.74) is 0.593. The van der Waals surface area contributed by atoms with Crippen LogP contribution in [0.5, 0.6) is 0 Å². The summed E-state index contributed by atoms with van der Waals surface area (Å²) < 4.78 is 18.9. The first kappa shape index (κ1) is 16.6. The normalized spacial score (nSPS) is 30.4. The SMILES string of the molecule is CC1(C)OC2C(C(=O)Cl)OC(n3cnc4c(Cl)nc(C#N)nc43)C2O1. The van der Waals surface area contributed by atoms with Gasteiger partial charge in [0.25, 0.3) is 5.24 Å². The number of halogens is 2. The van der Waals surface area contributed by atoms with Crippen molar-refractivity contribution in [3.05, 3.63) is 17.3 Å². The van der Waals surface area contributed by atoms with E-state index in [1.54, 1.807) is 13.8 Å². The minimum absolute atomic E-state index is 0.0451. The van der Waals surface area contributed by atoms with Gasteiger partial charge in [0.2, 0.25) is 5.82 Å². The maximum absolute atomic E-state index is 11.7. The molecule has 4 atom stereocenters. The minimum Gasteiger partial charge on any atom is -0.341 e. The Kier molecular flexibility index (Phi) is 3.72. The van der Waals surface area contributed by atoms with E-state index in [0.717, 1.165) is 0 Å². The number of nitrogens with zero attached hydrogens (tertiary/aromatic N) is 5. The Hall–Kier alpha value is -1.83. The molecule has 0 aromatic carbocycles. The van der Waals surface area contributed by atoms with Crippen molar-refractivity contribution in [3.8, 4) is 6.07 Å². The van der Waals surface area contributed by atoms with E-state index in [2.05, 4.69) is 15.0 Å². The van der Waals surface area contributed by atoms with Gasteiger partial charge in [-0.25, -0.2) is 9.97 Å². The van der Waals surface area contributed by atoms with Crippen molar-refractivity contribution >= 4 is 39.6 Å². The molecule has 2 aliphatic rings. The van der Waals surface area contributed by atoms with Crippen LogP contribution >= 0.6 is 23.2 Å². The lowest BCUT2D eigenvalue weighted by Gasteiger charge is -2.23. The highest BCUT2D eigenvalue weighted by molar-refractivity contribution is 6.64. The summed E-state index contributed by atoms with van der Waals surface area (Å²) in [7, 11) is 0. The summed E-state index contributed by atoms with van der Waals surface area (Å²) in [6.45, 7) is 3.47. The Balaban J connectivity index is 1.82. The molecule has 130 valence electrons. The number of aromatic nitrogens is 4. The maximum Gasteiger partial charge on any atom is 0.253 e. The van der Waals surface area contributed by atoms with Crippen molar-refractivity contribution in [2.45, 2.75) is 44.2 Å². The van der Waals surface area contributed by atoms with Crippen LogP contribution in [0.2, 0.25) is 5.15 Å². The largest absolute Gasteiger partial charge is 0.341 e. The van der Waals surface area contributed by atoms with Crippen molar-refractivity contribution in [1.29, 1.82) is 5.26 Å². The third-order valence-corrected chi connectivity index (χ3v) is 4.48. The predicted octanol–water partition coefficient (Wildman–Crippen LogP) is 1.53. The molecular weight excluding hydrogens is 373 g/mol. The number of carbonyl (C=O) groups excluding carboxylic acids is 1. The highest BCUT2D eigenvalue weighted by Gasteiger charge is 2.58. The van der Waals surface area contributed by atoms with Gasteiger partial charge < -0.3 is 14.2 Å². The molecule has 25 heavy (non-hydrogen) atoms. The molecule has 2 aromatic rings. The van der Waals surface area contributed by atoms with Crippen molar-refractivity contribution in [2.24, 2.45) is 0 Å². The number of nitriles is 1. The molecule has 0 saturated carbocycles. The van der Waals surface area contributed by atoms with Gasteiger partial charge in [-0.05, 0) is 25.4 Å². The number of fused-ring (bicyclic) bond motifs is 2. The standard InChI is InChI=1S/C14H11Cl2N5O4/c1-14(2)24-7-8(11(16)22)23-13(9(7)25-14)21-4-18-6-10(15)19-5(3-17)20-12(6)21/h4,7-9,13H,1-2H3. The summed E-state index contributed by atoms with van der Waals surface area (Å²) in [6.07, 6.45) is -1.62. The Bertz CT molecular complexity index is 924. The maximum atomic E-state index is 11.7. The summed E-state index contributed by atoms with van der Waals surface area (Å²) in [5, 5.41) is 8.41. The molecule has 4 rings (SSSR count). The average Bonchev–Trinajstić information content (AvgIpc) is 3.17. The van der Waals surface area contributed by atoms with Gasteiger partial charge in [0.05, 0.1) is 6.33 Å². The Labute approximate surface area is 151 Å². The molecule has 4 unspecified atom stereocenters. The fraction of sp³-hybridized carbons (Fsp3) is 0.500. The Morgan fingerprint density at radius 3 is 2.76 bits per heavy atom. The van der Waals surface area contributed by atoms with Crippen LogP contribution in [0.3, 0.4) is 0 Å². The number of hydrogen-bond acceptors (Lipinski definition) is 8. The number of hydrogen-bond donors (Lipinski definition) is 0. The summed E-state index contributed by atoms with van der Waals surface area (Å²) in [4.78, 5) is 23.9. The molecule has 0 N–H and O–H groups in total. The van der Waals surface area contributed by atoms with Crippen molar-refractivity contribution < 1.29 is 19.0 Å². The van der Waals surface area contributed by atoms with Gasteiger partial charge in [-0.2, -0.15) is 10.2 Å². The molecule has 11 heteroatoms. The van der Waals surface area contributed by atoms with Crippen LogP contribution in [0.15, 0.2) is 6.33 Å². The Morgan fingerprint density at radius 1 is 1.36 bits per heavy atom. The van der Waals surface area contributed by atoms with E-state index in [1.807, 2.05) is 6.07 Å². The molecule has 0 bridgehead atoms. The third kappa shape index (κ3) is 2.58. The predicted molar refractivity (Wildman–Crippen MR) is 83.6 cm³/mol. The van der Waals surface area contributed by atoms with E-state index >= 15 is 0 Å². The fourth-order valence-electron chi connectivity index (χ4n) is 3.10. The molecule has 2 fully saturated rings. The zero-order valence-corrected chi connectivity index (χ0v) is 14.5. The molecule has 0 spiro atoms. The molecule has 0 amide bonds. The fourth-order valence-corrected chi connectivity index (χ4v) is 3.49. The second-order valence-electron chi connectivity index (χ2n) is 6.09. The lowest BCUT2D eigenvalue weighted by atomic mass is 10.1. The van der Waals surface area contributed by atoms with Crippen molar-refractivity contribution in [2.75, 3.05) is 0 Å². The van der Waals surface area contributed by atoms with Gasteiger partial charge in [-0.3, -0.25) is 9.36 Å². The van der Waals surface area contributed by atoms with Crippen LogP contribution in [0.25, 0.3) is 11.2 Å². The molecule has 0 aliphatic carbocycles. The van der Waals surface area contributed by atoms with Gasteiger partial charge in [-0.15, -0.1) is 0 Å². The molecular formula is C14H11Cl2N5O4. The van der Waals surface area contributed by atoms with Crippen LogP contribution in [0.1, 0.15) is 25.9 Å². The van der Waals surface area contributed by atoms with Gasteiger partial charge in [-0.1, -0.05) is 11.6 Å². The number of imidazole rings is 1. The number of carbonyl (C=O) groups is 1. The van der Waals surface area contributed by atoms with E-state index in [-0.39, 0.29) is 16.6 Å². The molecule has 2 saturated heterocycles. The first-order chi connectivity index (χ1) is 11.8. The molecule has 2 aromatic heterocycles. The van der Waals surface area contributed by atoms with Crippen LogP contribution < -0.4 is 0 Å². The average molecular weight is 384 g/mol. The third-order valence-electron chi connectivity index (χ3n) is 4.01. The minimum atomic E-state index is -0.997. The zero-order chi connectivity index (χ0) is 17.9. The van der Waals surface area contributed by atoms with E-state index in [0.29, 0.717) is 5.52 Å². The van der Waals surface area contributed by atoms with E-state index in [9.17, 15) is 4.79 Å². The second kappa shape index (κ2) is 5.59. The van der Waals surface area contributed by atoms with Gasteiger partial charge >= 0.3 is 0 Å². The lowest BCUT2D eigenvalue weighted by Crippen LogP contribution is -2.33. The number of ether oxygens (including phenoxy) is 3. The summed E-state index contributed by atoms with van der Waals surface area (Å²) in [6, 6.07) is 1.83. The Morgan fingerprint density at radius 2 is 2.08 bits per heavy atom.